The summed E-state index contributed by atoms with van der Waals surface area (Å²) in [4.78, 5) is 29.7. The summed E-state index contributed by atoms with van der Waals surface area (Å²) in [5.41, 5.74) is 1.66. The Kier molecular flexibility index (Phi) is 5.83. The van der Waals surface area contributed by atoms with Gasteiger partial charge >= 0.3 is 0 Å². The third-order valence-electron chi connectivity index (χ3n) is 5.43. The maximum Gasteiger partial charge on any atom is 0.252 e. The van der Waals surface area contributed by atoms with Crippen LogP contribution in [0.5, 0.6) is 0 Å². The lowest BCUT2D eigenvalue weighted by molar-refractivity contribution is -0.121. The zero-order valence-corrected chi connectivity index (χ0v) is 17.4. The van der Waals surface area contributed by atoms with Crippen LogP contribution in [0.15, 0.2) is 35.1 Å². The molecule has 1 saturated carbocycles. The van der Waals surface area contributed by atoms with Crippen molar-refractivity contribution in [2.45, 2.75) is 58.0 Å². The van der Waals surface area contributed by atoms with Gasteiger partial charge in [-0.2, -0.15) is 5.10 Å². The highest BCUT2D eigenvalue weighted by Gasteiger charge is 2.20. The number of fused-ring (bicyclic) bond motifs is 1. The first-order valence-corrected chi connectivity index (χ1v) is 10.5. The number of nitrogens with zero attached hydrogens (tertiary/aromatic N) is 3. The van der Waals surface area contributed by atoms with Gasteiger partial charge in [-0.3, -0.25) is 9.59 Å². The van der Waals surface area contributed by atoms with Crippen LogP contribution in [0.3, 0.4) is 0 Å². The number of furan rings is 1. The zero-order chi connectivity index (χ0) is 21.1. The average Bonchev–Trinajstić information content (AvgIpc) is 3.47. The first-order chi connectivity index (χ1) is 14.5. The minimum Gasteiger partial charge on any atom is -0.463 e. The molecule has 2 N–H and O–H groups in total. The van der Waals surface area contributed by atoms with E-state index in [0.29, 0.717) is 28.1 Å². The Morgan fingerprint density at radius 3 is 2.80 bits per heavy atom. The first-order valence-electron chi connectivity index (χ1n) is 10.5. The van der Waals surface area contributed by atoms with Crippen molar-refractivity contribution < 1.29 is 14.0 Å². The molecule has 3 aromatic rings. The van der Waals surface area contributed by atoms with Crippen LogP contribution in [0.2, 0.25) is 0 Å². The molecule has 0 radical (unpaired) electrons. The van der Waals surface area contributed by atoms with Crippen LogP contribution < -0.4 is 10.6 Å². The number of amides is 2. The van der Waals surface area contributed by atoms with Crippen LogP contribution in [0.4, 0.5) is 0 Å². The molecular formula is C22H27N5O3. The third-order valence-corrected chi connectivity index (χ3v) is 5.43. The molecular weight excluding hydrogens is 382 g/mol. The molecule has 3 aromatic heterocycles. The van der Waals surface area contributed by atoms with Gasteiger partial charge < -0.3 is 15.1 Å². The summed E-state index contributed by atoms with van der Waals surface area (Å²) in [6.45, 7) is 4.29. The summed E-state index contributed by atoms with van der Waals surface area (Å²) >= 11 is 0. The van der Waals surface area contributed by atoms with E-state index in [1.54, 1.807) is 35.3 Å². The fraction of sp³-hybridized carbons (Fsp3) is 0.455. The molecule has 8 nitrogen and oxygen atoms in total. The van der Waals surface area contributed by atoms with Crippen molar-refractivity contribution in [1.29, 1.82) is 0 Å². The molecule has 3 heterocycles. The van der Waals surface area contributed by atoms with Crippen LogP contribution >= 0.6 is 0 Å². The molecule has 158 valence electrons. The largest absolute Gasteiger partial charge is 0.463 e. The summed E-state index contributed by atoms with van der Waals surface area (Å²) in [7, 11) is 0. The lowest BCUT2D eigenvalue weighted by Gasteiger charge is -2.12. The zero-order valence-electron chi connectivity index (χ0n) is 17.4. The lowest BCUT2D eigenvalue weighted by Crippen LogP contribution is -2.35. The van der Waals surface area contributed by atoms with Crippen molar-refractivity contribution >= 4 is 22.8 Å². The van der Waals surface area contributed by atoms with Crippen molar-refractivity contribution in [2.24, 2.45) is 0 Å². The molecule has 4 rings (SSSR count). The van der Waals surface area contributed by atoms with Gasteiger partial charge in [-0.25, -0.2) is 9.67 Å². The van der Waals surface area contributed by atoms with Crippen LogP contribution in [-0.4, -0.2) is 39.2 Å². The van der Waals surface area contributed by atoms with E-state index in [0.717, 1.165) is 12.8 Å². The molecule has 0 saturated heterocycles. The van der Waals surface area contributed by atoms with Gasteiger partial charge in [0.1, 0.15) is 5.69 Å². The summed E-state index contributed by atoms with van der Waals surface area (Å²) in [6, 6.07) is 5.67. The number of nitrogens with one attached hydrogen (secondary N) is 2. The second-order valence-corrected chi connectivity index (χ2v) is 8.01. The predicted octanol–water partition coefficient (Wildman–Crippen LogP) is 3.45. The van der Waals surface area contributed by atoms with Crippen LogP contribution in [0, 0.1) is 0 Å². The standard InChI is InChI=1S/C22H27N5O3/c1-14(2)27-21-17(13-24-27)16(12-18(26-21)19-8-5-11-30-19)22(29)23-10-9-20(28)25-15-6-3-4-7-15/h5,8,11-15H,3-4,6-7,9-10H2,1-2H3,(H,23,29)(H,25,28). The number of hydrogen-bond acceptors (Lipinski definition) is 5. The van der Waals surface area contributed by atoms with Gasteiger partial charge in [0.2, 0.25) is 5.91 Å². The van der Waals surface area contributed by atoms with Crippen LogP contribution in [0.25, 0.3) is 22.5 Å². The van der Waals surface area contributed by atoms with Gasteiger partial charge in [-0.15, -0.1) is 0 Å². The Balaban J connectivity index is 1.51. The highest BCUT2D eigenvalue weighted by molar-refractivity contribution is 6.06. The summed E-state index contributed by atoms with van der Waals surface area (Å²) in [5, 5.41) is 11.0. The second-order valence-electron chi connectivity index (χ2n) is 8.01. The molecule has 0 atom stereocenters. The van der Waals surface area contributed by atoms with Gasteiger partial charge in [-0.05, 0) is 44.9 Å². The molecule has 0 unspecified atom stereocenters. The van der Waals surface area contributed by atoms with Gasteiger partial charge in [0.15, 0.2) is 11.4 Å². The van der Waals surface area contributed by atoms with Gasteiger partial charge in [0, 0.05) is 25.0 Å². The van der Waals surface area contributed by atoms with Gasteiger partial charge in [0.25, 0.3) is 5.91 Å². The van der Waals surface area contributed by atoms with Crippen molar-refractivity contribution in [3.05, 3.63) is 36.2 Å². The minimum atomic E-state index is -0.257. The Bertz CT molecular complexity index is 1030. The topological polar surface area (TPSA) is 102 Å². The van der Waals surface area contributed by atoms with Gasteiger partial charge in [0.05, 0.1) is 23.4 Å². The van der Waals surface area contributed by atoms with Gasteiger partial charge in [-0.1, -0.05) is 12.8 Å². The summed E-state index contributed by atoms with van der Waals surface area (Å²) in [5.74, 6) is 0.302. The first kappa shape index (κ1) is 20.1. The number of hydrogen-bond donors (Lipinski definition) is 2. The quantitative estimate of drug-likeness (QED) is 0.622. The number of carbonyl (C=O) groups excluding carboxylic acids is 2. The highest BCUT2D eigenvalue weighted by Crippen LogP contribution is 2.26. The maximum absolute atomic E-state index is 12.9. The minimum absolute atomic E-state index is 0.0222. The van der Waals surface area contributed by atoms with E-state index in [-0.39, 0.29) is 36.9 Å². The fourth-order valence-corrected chi connectivity index (χ4v) is 3.89. The van der Waals surface area contributed by atoms with Crippen molar-refractivity contribution in [2.75, 3.05) is 6.54 Å². The van der Waals surface area contributed by atoms with Crippen molar-refractivity contribution in [3.63, 3.8) is 0 Å². The van der Waals surface area contributed by atoms with E-state index in [4.69, 9.17) is 4.42 Å². The number of pyridine rings is 1. The molecule has 8 heteroatoms. The maximum atomic E-state index is 12.9. The van der Waals surface area contributed by atoms with Crippen LogP contribution in [-0.2, 0) is 4.79 Å². The molecule has 2 amide bonds. The SMILES string of the molecule is CC(C)n1ncc2c(C(=O)NCCC(=O)NC3CCCC3)cc(-c3ccco3)nc21. The van der Waals surface area contributed by atoms with E-state index in [2.05, 4.69) is 20.7 Å². The predicted molar refractivity (Wildman–Crippen MR) is 113 cm³/mol. The van der Waals surface area contributed by atoms with E-state index in [1.165, 1.54) is 12.8 Å². The third kappa shape index (κ3) is 4.22. The Morgan fingerprint density at radius 2 is 2.10 bits per heavy atom. The molecule has 0 aromatic carbocycles. The fourth-order valence-electron chi connectivity index (χ4n) is 3.89. The lowest BCUT2D eigenvalue weighted by atomic mass is 10.1. The molecule has 0 bridgehead atoms. The summed E-state index contributed by atoms with van der Waals surface area (Å²) < 4.78 is 7.26. The second kappa shape index (κ2) is 8.69. The number of aromatic nitrogens is 3. The van der Waals surface area contributed by atoms with E-state index in [1.807, 2.05) is 13.8 Å². The molecule has 30 heavy (non-hydrogen) atoms. The van der Waals surface area contributed by atoms with E-state index >= 15 is 0 Å². The Labute approximate surface area is 175 Å². The smallest absolute Gasteiger partial charge is 0.252 e. The van der Waals surface area contributed by atoms with E-state index in [9.17, 15) is 9.59 Å². The number of rotatable bonds is 7. The molecule has 1 fully saturated rings. The number of carbonyl (C=O) groups is 2. The van der Waals surface area contributed by atoms with Crippen molar-refractivity contribution in [1.82, 2.24) is 25.4 Å². The molecule has 0 aliphatic heterocycles. The Hall–Kier alpha value is -3.16. The van der Waals surface area contributed by atoms with Crippen LogP contribution in [0.1, 0.15) is 62.4 Å². The average molecular weight is 409 g/mol. The van der Waals surface area contributed by atoms with E-state index < -0.39 is 0 Å². The van der Waals surface area contributed by atoms with Crippen molar-refractivity contribution in [3.8, 4) is 11.5 Å². The Morgan fingerprint density at radius 1 is 1.30 bits per heavy atom. The summed E-state index contributed by atoms with van der Waals surface area (Å²) in [6.07, 6.45) is 7.92. The monoisotopic (exact) mass is 409 g/mol. The molecule has 1 aliphatic carbocycles. The molecule has 0 spiro atoms. The normalized spacial score (nSPS) is 14.5. The highest BCUT2D eigenvalue weighted by atomic mass is 16.3. The molecule has 1 aliphatic rings.